The van der Waals surface area contributed by atoms with Gasteiger partial charge in [0.15, 0.2) is 0 Å². The van der Waals surface area contributed by atoms with Crippen LogP contribution < -0.4 is 10.6 Å². The minimum atomic E-state index is -0.246. The van der Waals surface area contributed by atoms with Gasteiger partial charge < -0.3 is 15.2 Å². The maximum Gasteiger partial charge on any atom is 0.319 e. The maximum absolute atomic E-state index is 12.0. The minimum absolute atomic E-state index is 0.246. The van der Waals surface area contributed by atoms with Crippen LogP contribution in [0.1, 0.15) is 13.3 Å². The van der Waals surface area contributed by atoms with Gasteiger partial charge in [-0.05, 0) is 35.0 Å². The summed E-state index contributed by atoms with van der Waals surface area (Å²) < 4.78 is 3.70. The Balaban J connectivity index is 1.49. The molecule has 0 atom stereocenters. The summed E-state index contributed by atoms with van der Waals surface area (Å²) in [6.07, 6.45) is 2.88. The molecule has 0 spiro atoms. The number of benzene rings is 1. The number of amides is 2. The predicted octanol–water partition coefficient (Wildman–Crippen LogP) is 1.88. The molecule has 0 aliphatic carbocycles. The Morgan fingerprint density at radius 3 is 3.00 bits per heavy atom. The van der Waals surface area contributed by atoms with Crippen LogP contribution in [0, 0.1) is 0 Å². The summed E-state index contributed by atoms with van der Waals surface area (Å²) in [5.41, 5.74) is 2.66. The number of rotatable bonds is 7. The number of carbonyl (C=O) groups excluding carboxylic acids is 1. The summed E-state index contributed by atoms with van der Waals surface area (Å²) in [6.45, 7) is 3.57. The van der Waals surface area contributed by atoms with E-state index < -0.39 is 0 Å². The van der Waals surface area contributed by atoms with Crippen molar-refractivity contribution in [3.63, 3.8) is 0 Å². The third-order valence-electron chi connectivity index (χ3n) is 3.54. The summed E-state index contributed by atoms with van der Waals surface area (Å²) in [5, 5.41) is 17.5. The van der Waals surface area contributed by atoms with Crippen LogP contribution in [-0.2, 0) is 13.6 Å². The fourth-order valence-electron chi connectivity index (χ4n) is 2.39. The molecule has 2 amide bonds. The normalized spacial score (nSPS) is 11.0. The highest BCUT2D eigenvalue weighted by Gasteiger charge is 2.07. The molecule has 0 fully saturated rings. The minimum Gasteiger partial charge on any atom is -0.337 e. The van der Waals surface area contributed by atoms with Gasteiger partial charge in [0.05, 0.1) is 17.4 Å². The first-order valence-electron chi connectivity index (χ1n) is 8.02. The van der Waals surface area contributed by atoms with Crippen molar-refractivity contribution in [3.8, 4) is 0 Å². The van der Waals surface area contributed by atoms with Gasteiger partial charge in [0.25, 0.3) is 0 Å². The number of hydrogen-bond acceptors (Lipinski definition) is 6. The second-order valence-electron chi connectivity index (χ2n) is 5.46. The molecule has 0 aliphatic rings. The lowest BCUT2D eigenvalue weighted by Gasteiger charge is -2.08. The van der Waals surface area contributed by atoms with Gasteiger partial charge in [-0.3, -0.25) is 0 Å². The van der Waals surface area contributed by atoms with E-state index in [-0.39, 0.29) is 6.03 Å². The molecular weight excluding hydrogens is 340 g/mol. The van der Waals surface area contributed by atoms with Crippen molar-refractivity contribution in [1.82, 2.24) is 35.1 Å². The number of nitrogens with one attached hydrogen (secondary N) is 2. The molecule has 25 heavy (non-hydrogen) atoms. The lowest BCUT2D eigenvalue weighted by molar-refractivity contribution is 0.252. The van der Waals surface area contributed by atoms with Crippen molar-refractivity contribution in [1.29, 1.82) is 0 Å². The van der Waals surface area contributed by atoms with E-state index in [2.05, 4.69) is 42.6 Å². The van der Waals surface area contributed by atoms with Crippen LogP contribution in [0.3, 0.4) is 0 Å². The van der Waals surface area contributed by atoms with Crippen molar-refractivity contribution >= 4 is 34.5 Å². The van der Waals surface area contributed by atoms with Crippen LogP contribution >= 0.6 is 11.8 Å². The summed E-state index contributed by atoms with van der Waals surface area (Å²) in [4.78, 5) is 16.4. The summed E-state index contributed by atoms with van der Waals surface area (Å²) >= 11 is 1.48. The number of tetrazole rings is 1. The van der Waals surface area contributed by atoms with Gasteiger partial charge in [0.1, 0.15) is 0 Å². The number of hydrogen-bond donors (Lipinski definition) is 2. The van der Waals surface area contributed by atoms with Gasteiger partial charge in [-0.25, -0.2) is 14.5 Å². The van der Waals surface area contributed by atoms with E-state index in [0.717, 1.165) is 34.8 Å². The standard InChI is InChI=1S/C15H20N8OS/c1-3-7-23-10-17-12-9-11(4-5-13(12)23)18-14(24)16-6-8-25-15-19-20-21-22(15)2/h4-5,9-10H,3,6-8H2,1-2H3,(H2,16,18,24). The quantitative estimate of drug-likeness (QED) is 0.493. The SMILES string of the molecule is CCCn1cnc2cc(NC(=O)NCCSc3nnnn3C)ccc21. The van der Waals surface area contributed by atoms with E-state index in [4.69, 9.17) is 0 Å². The zero-order valence-corrected chi connectivity index (χ0v) is 15.0. The van der Waals surface area contributed by atoms with Crippen molar-refractivity contribution in [2.45, 2.75) is 25.0 Å². The van der Waals surface area contributed by atoms with E-state index >= 15 is 0 Å². The van der Waals surface area contributed by atoms with Gasteiger partial charge >= 0.3 is 6.03 Å². The molecule has 0 bridgehead atoms. The van der Waals surface area contributed by atoms with E-state index in [0.29, 0.717) is 12.3 Å². The van der Waals surface area contributed by atoms with E-state index in [9.17, 15) is 4.79 Å². The smallest absolute Gasteiger partial charge is 0.319 e. The predicted molar refractivity (Wildman–Crippen MR) is 96.6 cm³/mol. The Hall–Kier alpha value is -2.62. The second-order valence-corrected chi connectivity index (χ2v) is 6.52. The van der Waals surface area contributed by atoms with Crippen LogP contribution in [0.15, 0.2) is 29.7 Å². The number of nitrogens with zero attached hydrogens (tertiary/aromatic N) is 6. The molecule has 2 aromatic heterocycles. The van der Waals surface area contributed by atoms with Crippen LogP contribution in [0.25, 0.3) is 11.0 Å². The van der Waals surface area contributed by atoms with Crippen LogP contribution in [-0.4, -0.2) is 48.1 Å². The Morgan fingerprint density at radius 2 is 2.24 bits per heavy atom. The van der Waals surface area contributed by atoms with Crippen molar-refractivity contribution in [2.75, 3.05) is 17.6 Å². The largest absolute Gasteiger partial charge is 0.337 e. The Kier molecular flexibility index (Phi) is 5.49. The average Bonchev–Trinajstić information content (AvgIpc) is 3.18. The first-order chi connectivity index (χ1) is 12.2. The maximum atomic E-state index is 12.0. The molecular formula is C15H20N8OS. The molecule has 9 nitrogen and oxygen atoms in total. The number of thioether (sulfide) groups is 1. The molecule has 3 rings (SSSR count). The zero-order chi connectivity index (χ0) is 17.6. The molecule has 0 aliphatic heterocycles. The fourth-order valence-corrected chi connectivity index (χ4v) is 3.09. The Labute approximate surface area is 149 Å². The molecule has 3 aromatic rings. The molecule has 132 valence electrons. The van der Waals surface area contributed by atoms with Crippen LogP contribution in [0.4, 0.5) is 10.5 Å². The highest BCUT2D eigenvalue weighted by molar-refractivity contribution is 7.99. The first kappa shape index (κ1) is 17.2. The summed E-state index contributed by atoms with van der Waals surface area (Å²) in [5.74, 6) is 0.683. The van der Waals surface area contributed by atoms with Gasteiger partial charge in [-0.2, -0.15) is 0 Å². The van der Waals surface area contributed by atoms with Gasteiger partial charge in [-0.15, -0.1) is 5.10 Å². The second kappa shape index (κ2) is 7.97. The number of urea groups is 1. The first-order valence-corrected chi connectivity index (χ1v) is 9.01. The molecule has 0 saturated carbocycles. The zero-order valence-electron chi connectivity index (χ0n) is 14.1. The number of carbonyl (C=O) groups is 1. The number of imidazole rings is 1. The lowest BCUT2D eigenvalue weighted by atomic mass is 10.2. The van der Waals surface area contributed by atoms with E-state index in [1.54, 1.807) is 11.7 Å². The van der Waals surface area contributed by atoms with Crippen molar-refractivity contribution in [3.05, 3.63) is 24.5 Å². The van der Waals surface area contributed by atoms with Crippen molar-refractivity contribution in [2.24, 2.45) is 7.05 Å². The van der Waals surface area contributed by atoms with Gasteiger partial charge in [-0.1, -0.05) is 18.7 Å². The molecule has 0 saturated heterocycles. The molecule has 2 heterocycles. The van der Waals surface area contributed by atoms with E-state index in [1.165, 1.54) is 11.8 Å². The Morgan fingerprint density at radius 1 is 1.36 bits per heavy atom. The third-order valence-corrected chi connectivity index (χ3v) is 4.56. The molecule has 0 radical (unpaired) electrons. The third kappa shape index (κ3) is 4.27. The summed E-state index contributed by atoms with van der Waals surface area (Å²) in [6, 6.07) is 5.49. The van der Waals surface area contributed by atoms with E-state index in [1.807, 2.05) is 24.5 Å². The number of aryl methyl sites for hydroxylation is 2. The number of aromatic nitrogens is 6. The highest BCUT2D eigenvalue weighted by Crippen LogP contribution is 2.18. The molecule has 1 aromatic carbocycles. The highest BCUT2D eigenvalue weighted by atomic mass is 32.2. The van der Waals surface area contributed by atoms with Gasteiger partial charge in [0, 0.05) is 31.6 Å². The topological polar surface area (TPSA) is 103 Å². The van der Waals surface area contributed by atoms with Crippen molar-refractivity contribution < 1.29 is 4.79 Å². The fraction of sp³-hybridized carbons (Fsp3) is 0.400. The van der Waals surface area contributed by atoms with Gasteiger partial charge in [0.2, 0.25) is 5.16 Å². The molecule has 10 heteroatoms. The monoisotopic (exact) mass is 360 g/mol. The Bertz CT molecular complexity index is 858. The molecule has 2 N–H and O–H groups in total. The molecule has 0 unspecified atom stereocenters. The number of anilines is 1. The number of fused-ring (bicyclic) bond motifs is 1. The van der Waals surface area contributed by atoms with Crippen LogP contribution in [0.5, 0.6) is 0 Å². The van der Waals surface area contributed by atoms with Crippen LogP contribution in [0.2, 0.25) is 0 Å². The average molecular weight is 360 g/mol. The lowest BCUT2D eigenvalue weighted by Crippen LogP contribution is -2.30. The summed E-state index contributed by atoms with van der Waals surface area (Å²) in [7, 11) is 1.78.